The number of hydrogen-bond acceptors (Lipinski definition) is 5. The predicted molar refractivity (Wildman–Crippen MR) is 104 cm³/mol. The lowest BCUT2D eigenvalue weighted by atomic mass is 9.93. The van der Waals surface area contributed by atoms with E-state index in [1.165, 1.54) is 12.1 Å². The molecule has 3 aromatic rings. The first-order chi connectivity index (χ1) is 13.6. The molecule has 0 unspecified atom stereocenters. The number of piperidine rings is 1. The SMILES string of the molecule is Nc1ncc(-c2ccc(F)cc2)c([C@H]2CCCCN2C(=O)c2ccncc2)n1. The van der Waals surface area contributed by atoms with Crippen LogP contribution in [0.5, 0.6) is 0 Å². The Morgan fingerprint density at radius 2 is 1.86 bits per heavy atom. The number of halogens is 1. The maximum atomic E-state index is 13.4. The fraction of sp³-hybridized carbons (Fsp3) is 0.238. The van der Waals surface area contributed by atoms with Gasteiger partial charge >= 0.3 is 0 Å². The van der Waals surface area contributed by atoms with Crippen LogP contribution in [0.1, 0.15) is 41.4 Å². The summed E-state index contributed by atoms with van der Waals surface area (Å²) in [5.41, 5.74) is 8.71. The molecule has 0 aliphatic carbocycles. The van der Waals surface area contributed by atoms with Crippen LogP contribution in [0.15, 0.2) is 55.0 Å². The summed E-state index contributed by atoms with van der Waals surface area (Å²) in [6, 6.07) is 9.37. The highest BCUT2D eigenvalue weighted by molar-refractivity contribution is 5.94. The smallest absolute Gasteiger partial charge is 0.254 e. The number of likely N-dealkylation sites (tertiary alicyclic amines) is 1. The molecule has 28 heavy (non-hydrogen) atoms. The van der Waals surface area contributed by atoms with Crippen molar-refractivity contribution < 1.29 is 9.18 Å². The molecule has 1 aromatic carbocycles. The van der Waals surface area contributed by atoms with E-state index in [1.54, 1.807) is 42.9 Å². The lowest BCUT2D eigenvalue weighted by Gasteiger charge is -2.36. The molecule has 1 aliphatic heterocycles. The third-order valence-electron chi connectivity index (χ3n) is 5.00. The number of carbonyl (C=O) groups is 1. The molecule has 0 saturated carbocycles. The van der Waals surface area contributed by atoms with Crippen LogP contribution in [-0.2, 0) is 0 Å². The van der Waals surface area contributed by atoms with Crippen LogP contribution in [-0.4, -0.2) is 32.3 Å². The Hall–Kier alpha value is -3.35. The second-order valence-electron chi connectivity index (χ2n) is 6.78. The zero-order chi connectivity index (χ0) is 19.5. The molecule has 1 amide bonds. The van der Waals surface area contributed by atoms with Gasteiger partial charge in [-0.1, -0.05) is 12.1 Å². The van der Waals surface area contributed by atoms with E-state index in [-0.39, 0.29) is 23.7 Å². The van der Waals surface area contributed by atoms with Gasteiger partial charge in [-0.25, -0.2) is 14.4 Å². The first-order valence-electron chi connectivity index (χ1n) is 9.23. The number of anilines is 1. The van der Waals surface area contributed by atoms with E-state index in [1.807, 2.05) is 4.90 Å². The van der Waals surface area contributed by atoms with E-state index in [9.17, 15) is 9.18 Å². The van der Waals surface area contributed by atoms with Crippen molar-refractivity contribution in [3.8, 4) is 11.1 Å². The maximum Gasteiger partial charge on any atom is 0.254 e. The number of benzene rings is 1. The summed E-state index contributed by atoms with van der Waals surface area (Å²) in [6.07, 6.45) is 7.56. The fourth-order valence-electron chi connectivity index (χ4n) is 3.63. The Labute approximate surface area is 162 Å². The average Bonchev–Trinajstić information content (AvgIpc) is 2.74. The molecule has 1 atom stereocenters. The second kappa shape index (κ2) is 7.72. The summed E-state index contributed by atoms with van der Waals surface area (Å²) in [5, 5.41) is 0. The quantitative estimate of drug-likeness (QED) is 0.753. The van der Waals surface area contributed by atoms with E-state index < -0.39 is 0 Å². The number of nitrogen functional groups attached to an aromatic ring is 1. The molecule has 1 aliphatic rings. The summed E-state index contributed by atoms with van der Waals surface area (Å²) < 4.78 is 13.4. The molecule has 1 fully saturated rings. The van der Waals surface area contributed by atoms with Crippen molar-refractivity contribution in [2.45, 2.75) is 25.3 Å². The van der Waals surface area contributed by atoms with E-state index in [4.69, 9.17) is 5.73 Å². The van der Waals surface area contributed by atoms with Crippen molar-refractivity contribution in [1.29, 1.82) is 0 Å². The minimum absolute atomic E-state index is 0.0608. The molecular weight excluding hydrogens is 357 g/mol. The Morgan fingerprint density at radius 3 is 2.61 bits per heavy atom. The van der Waals surface area contributed by atoms with E-state index in [2.05, 4.69) is 15.0 Å². The van der Waals surface area contributed by atoms with Gasteiger partial charge in [0.1, 0.15) is 5.82 Å². The van der Waals surface area contributed by atoms with Crippen LogP contribution in [0.3, 0.4) is 0 Å². The molecule has 142 valence electrons. The molecule has 0 spiro atoms. The predicted octanol–water partition coefficient (Wildman–Crippen LogP) is 3.63. The van der Waals surface area contributed by atoms with Crippen molar-refractivity contribution >= 4 is 11.9 Å². The van der Waals surface area contributed by atoms with Crippen LogP contribution < -0.4 is 5.73 Å². The summed E-state index contributed by atoms with van der Waals surface area (Å²) in [7, 11) is 0. The lowest BCUT2D eigenvalue weighted by molar-refractivity contribution is 0.0606. The van der Waals surface area contributed by atoms with E-state index >= 15 is 0 Å². The van der Waals surface area contributed by atoms with Crippen molar-refractivity contribution in [2.75, 3.05) is 12.3 Å². The average molecular weight is 377 g/mol. The fourth-order valence-corrected chi connectivity index (χ4v) is 3.63. The number of amides is 1. The number of nitrogens with two attached hydrogens (primary N) is 1. The van der Waals surface area contributed by atoms with Crippen LogP contribution in [0, 0.1) is 5.82 Å². The molecule has 0 radical (unpaired) electrons. The third-order valence-corrected chi connectivity index (χ3v) is 5.00. The van der Waals surface area contributed by atoms with Crippen LogP contribution in [0.4, 0.5) is 10.3 Å². The Morgan fingerprint density at radius 1 is 1.11 bits per heavy atom. The maximum absolute atomic E-state index is 13.4. The van der Waals surface area contributed by atoms with E-state index in [0.29, 0.717) is 17.8 Å². The number of hydrogen-bond donors (Lipinski definition) is 1. The topological polar surface area (TPSA) is 85.0 Å². The Kier molecular flexibility index (Phi) is 4.97. The normalized spacial score (nSPS) is 16.8. The number of rotatable bonds is 3. The largest absolute Gasteiger partial charge is 0.368 e. The minimum Gasteiger partial charge on any atom is -0.368 e. The van der Waals surface area contributed by atoms with Crippen LogP contribution in [0.25, 0.3) is 11.1 Å². The zero-order valence-corrected chi connectivity index (χ0v) is 15.3. The second-order valence-corrected chi connectivity index (χ2v) is 6.78. The van der Waals surface area contributed by atoms with Gasteiger partial charge in [-0.2, -0.15) is 0 Å². The molecular formula is C21H20FN5O. The summed E-state index contributed by atoms with van der Waals surface area (Å²) in [5.74, 6) is -0.217. The lowest BCUT2D eigenvalue weighted by Crippen LogP contribution is -2.39. The minimum atomic E-state index is -0.311. The molecule has 3 heterocycles. The summed E-state index contributed by atoms with van der Waals surface area (Å²) in [6.45, 7) is 0.637. The molecule has 7 heteroatoms. The summed E-state index contributed by atoms with van der Waals surface area (Å²) >= 11 is 0. The standard InChI is InChI=1S/C21H20FN5O/c22-16-6-4-14(5-7-16)17-13-25-21(23)26-19(17)18-3-1-2-12-27(18)20(28)15-8-10-24-11-9-15/h4-11,13,18H,1-3,12H2,(H2,23,25,26)/t18-/m1/s1. The van der Waals surface area contributed by atoms with Crippen molar-refractivity contribution in [3.05, 3.63) is 72.1 Å². The van der Waals surface area contributed by atoms with Crippen LogP contribution in [0.2, 0.25) is 0 Å². The summed E-state index contributed by atoms with van der Waals surface area (Å²) in [4.78, 5) is 27.6. The van der Waals surface area contributed by atoms with Crippen molar-refractivity contribution in [2.24, 2.45) is 0 Å². The monoisotopic (exact) mass is 377 g/mol. The molecule has 6 nitrogen and oxygen atoms in total. The number of nitrogens with zero attached hydrogens (tertiary/aromatic N) is 4. The van der Waals surface area contributed by atoms with Gasteiger partial charge in [0.15, 0.2) is 0 Å². The van der Waals surface area contributed by atoms with Crippen molar-refractivity contribution in [1.82, 2.24) is 19.9 Å². The molecule has 0 bridgehead atoms. The van der Waals surface area contributed by atoms with Gasteiger partial charge in [-0.15, -0.1) is 0 Å². The third kappa shape index (κ3) is 3.55. The van der Waals surface area contributed by atoms with Gasteiger partial charge in [0.25, 0.3) is 5.91 Å². The van der Waals surface area contributed by atoms with Gasteiger partial charge in [-0.05, 0) is 49.1 Å². The van der Waals surface area contributed by atoms with Gasteiger partial charge < -0.3 is 10.6 Å². The highest BCUT2D eigenvalue weighted by atomic mass is 19.1. The number of pyridine rings is 1. The Balaban J connectivity index is 1.76. The van der Waals surface area contributed by atoms with Gasteiger partial charge in [0, 0.05) is 36.3 Å². The molecule has 2 N–H and O–H groups in total. The highest BCUT2D eigenvalue weighted by Gasteiger charge is 2.31. The molecule has 1 saturated heterocycles. The van der Waals surface area contributed by atoms with Gasteiger partial charge in [0.2, 0.25) is 5.95 Å². The molecule has 4 rings (SSSR count). The Bertz CT molecular complexity index is 978. The number of aromatic nitrogens is 3. The highest BCUT2D eigenvalue weighted by Crippen LogP contribution is 2.36. The number of carbonyl (C=O) groups excluding carboxylic acids is 1. The molecule has 2 aromatic heterocycles. The van der Waals surface area contributed by atoms with Gasteiger partial charge in [0.05, 0.1) is 11.7 Å². The first-order valence-corrected chi connectivity index (χ1v) is 9.23. The van der Waals surface area contributed by atoms with Crippen LogP contribution >= 0.6 is 0 Å². The van der Waals surface area contributed by atoms with E-state index in [0.717, 1.165) is 30.4 Å². The van der Waals surface area contributed by atoms with Gasteiger partial charge in [-0.3, -0.25) is 9.78 Å². The zero-order valence-electron chi connectivity index (χ0n) is 15.3. The van der Waals surface area contributed by atoms with Crippen molar-refractivity contribution in [3.63, 3.8) is 0 Å². The first kappa shape index (κ1) is 18.0.